The quantitative estimate of drug-likeness (QED) is 0.684. The fourth-order valence-electron chi connectivity index (χ4n) is 3.72. The van der Waals surface area contributed by atoms with Crippen molar-refractivity contribution >= 4 is 11.5 Å². The van der Waals surface area contributed by atoms with E-state index in [1.165, 1.54) is 10.6 Å². The molecule has 0 bridgehead atoms. The van der Waals surface area contributed by atoms with Gasteiger partial charge in [0, 0.05) is 38.0 Å². The topological polar surface area (TPSA) is 68.4 Å². The fourth-order valence-corrected chi connectivity index (χ4v) is 3.72. The Morgan fingerprint density at radius 3 is 2.81 bits per heavy atom. The average Bonchev–Trinajstić information content (AvgIpc) is 3.34. The maximum atomic E-state index is 13.0. The van der Waals surface area contributed by atoms with E-state index in [1.54, 1.807) is 12.3 Å². The van der Waals surface area contributed by atoms with Crippen molar-refractivity contribution in [1.82, 2.24) is 24.3 Å². The van der Waals surface area contributed by atoms with Gasteiger partial charge in [-0.05, 0) is 12.5 Å². The Kier molecular flexibility index (Phi) is 3.58. The number of hydrogen-bond acceptors (Lipinski definition) is 6. The standard InChI is InChI=1S/C17H15F3N6O/c18-17(19,20)13-9-26-11(5-23-15(26)6-22-13)16-21-3-1-14(24-16)25-7-10-2-4-27-12(10)8-25/h1,3,5-6,9-10,12H,2,4,7-8H2. The van der Waals surface area contributed by atoms with Crippen LogP contribution in [0.25, 0.3) is 17.2 Å². The summed E-state index contributed by atoms with van der Waals surface area (Å²) >= 11 is 0. The third-order valence-corrected chi connectivity index (χ3v) is 5.08. The van der Waals surface area contributed by atoms with Gasteiger partial charge in [0.15, 0.2) is 17.2 Å². The highest BCUT2D eigenvalue weighted by Crippen LogP contribution is 2.32. The van der Waals surface area contributed by atoms with Gasteiger partial charge in [0.2, 0.25) is 0 Å². The average molecular weight is 376 g/mol. The van der Waals surface area contributed by atoms with Crippen molar-refractivity contribution in [2.75, 3.05) is 24.6 Å². The molecule has 5 heterocycles. The summed E-state index contributed by atoms with van der Waals surface area (Å²) in [4.78, 5) is 18.5. The van der Waals surface area contributed by atoms with Gasteiger partial charge in [-0.1, -0.05) is 0 Å². The van der Waals surface area contributed by atoms with E-state index >= 15 is 0 Å². The van der Waals surface area contributed by atoms with E-state index in [0.717, 1.165) is 44.3 Å². The highest BCUT2D eigenvalue weighted by Gasteiger charge is 2.38. The lowest BCUT2D eigenvalue weighted by Crippen LogP contribution is -2.23. The molecule has 2 saturated heterocycles. The van der Waals surface area contributed by atoms with Crippen molar-refractivity contribution in [2.45, 2.75) is 18.7 Å². The van der Waals surface area contributed by atoms with Gasteiger partial charge < -0.3 is 9.64 Å². The van der Waals surface area contributed by atoms with E-state index < -0.39 is 11.9 Å². The van der Waals surface area contributed by atoms with Gasteiger partial charge in [-0.3, -0.25) is 4.40 Å². The monoisotopic (exact) mass is 376 g/mol. The molecular weight excluding hydrogens is 361 g/mol. The first-order valence-corrected chi connectivity index (χ1v) is 8.59. The van der Waals surface area contributed by atoms with Gasteiger partial charge in [-0.15, -0.1) is 0 Å². The van der Waals surface area contributed by atoms with Crippen LogP contribution in [-0.2, 0) is 10.9 Å². The van der Waals surface area contributed by atoms with Gasteiger partial charge in [0.05, 0.1) is 18.5 Å². The Bertz CT molecular complexity index is 992. The molecule has 7 nitrogen and oxygen atoms in total. The van der Waals surface area contributed by atoms with E-state index in [-0.39, 0.29) is 6.10 Å². The minimum absolute atomic E-state index is 0.222. The van der Waals surface area contributed by atoms with Crippen LogP contribution in [0.15, 0.2) is 30.9 Å². The first-order chi connectivity index (χ1) is 13.0. The number of fused-ring (bicyclic) bond motifs is 2. The molecule has 3 aromatic heterocycles. The largest absolute Gasteiger partial charge is 0.434 e. The number of ether oxygens (including phenoxy) is 1. The van der Waals surface area contributed by atoms with Gasteiger partial charge >= 0.3 is 6.18 Å². The molecular formula is C17H15F3N6O. The number of imidazole rings is 1. The van der Waals surface area contributed by atoms with Gasteiger partial charge in [0.1, 0.15) is 11.5 Å². The zero-order valence-corrected chi connectivity index (χ0v) is 14.1. The van der Waals surface area contributed by atoms with Crippen LogP contribution >= 0.6 is 0 Å². The Balaban J connectivity index is 1.52. The molecule has 3 aromatic rings. The summed E-state index contributed by atoms with van der Waals surface area (Å²) in [6.07, 6.45) is 1.80. The zero-order chi connectivity index (χ0) is 18.6. The minimum Gasteiger partial charge on any atom is -0.376 e. The molecule has 0 spiro atoms. The predicted molar refractivity (Wildman–Crippen MR) is 89.1 cm³/mol. The zero-order valence-electron chi connectivity index (χ0n) is 14.1. The second-order valence-electron chi connectivity index (χ2n) is 6.74. The molecule has 2 fully saturated rings. The molecule has 0 amide bonds. The highest BCUT2D eigenvalue weighted by molar-refractivity contribution is 5.58. The van der Waals surface area contributed by atoms with Crippen LogP contribution in [0.1, 0.15) is 12.1 Å². The summed E-state index contributed by atoms with van der Waals surface area (Å²) in [5.41, 5.74) is -0.304. The highest BCUT2D eigenvalue weighted by atomic mass is 19.4. The first kappa shape index (κ1) is 16.4. The Labute approximate surface area is 151 Å². The third-order valence-electron chi connectivity index (χ3n) is 5.08. The Hall–Kier alpha value is -2.75. The number of halogens is 3. The Morgan fingerprint density at radius 2 is 2.00 bits per heavy atom. The number of nitrogens with zero attached hydrogens (tertiary/aromatic N) is 6. The molecule has 10 heteroatoms. The lowest BCUT2D eigenvalue weighted by Gasteiger charge is -2.18. The number of aromatic nitrogens is 5. The normalized spacial score (nSPS) is 22.6. The number of alkyl halides is 3. The second-order valence-corrected chi connectivity index (χ2v) is 6.74. The Morgan fingerprint density at radius 1 is 1.11 bits per heavy atom. The summed E-state index contributed by atoms with van der Waals surface area (Å²) in [5.74, 6) is 1.55. The predicted octanol–water partition coefficient (Wildman–Crippen LogP) is 2.43. The summed E-state index contributed by atoms with van der Waals surface area (Å²) in [7, 11) is 0. The smallest absolute Gasteiger partial charge is 0.376 e. The lowest BCUT2D eigenvalue weighted by atomic mass is 10.1. The second kappa shape index (κ2) is 5.88. The van der Waals surface area contributed by atoms with Crippen molar-refractivity contribution in [2.24, 2.45) is 5.92 Å². The van der Waals surface area contributed by atoms with Crippen LogP contribution in [0.2, 0.25) is 0 Å². The molecule has 0 radical (unpaired) electrons. The van der Waals surface area contributed by atoms with E-state index in [9.17, 15) is 13.2 Å². The van der Waals surface area contributed by atoms with E-state index in [4.69, 9.17) is 4.74 Å². The molecule has 2 aliphatic rings. The molecule has 27 heavy (non-hydrogen) atoms. The summed E-state index contributed by atoms with van der Waals surface area (Å²) in [6.45, 7) is 2.42. The van der Waals surface area contributed by atoms with E-state index in [0.29, 0.717) is 23.1 Å². The van der Waals surface area contributed by atoms with Crippen LogP contribution in [0.5, 0.6) is 0 Å². The third kappa shape index (κ3) is 2.80. The molecule has 2 aliphatic heterocycles. The van der Waals surface area contributed by atoms with Crippen LogP contribution < -0.4 is 4.90 Å². The van der Waals surface area contributed by atoms with E-state index in [2.05, 4.69) is 24.8 Å². The maximum absolute atomic E-state index is 13.0. The van der Waals surface area contributed by atoms with E-state index in [1.807, 2.05) is 0 Å². The number of rotatable bonds is 2. The minimum atomic E-state index is -4.54. The van der Waals surface area contributed by atoms with Gasteiger partial charge in [-0.2, -0.15) is 13.2 Å². The first-order valence-electron chi connectivity index (χ1n) is 8.59. The van der Waals surface area contributed by atoms with Crippen LogP contribution in [0.4, 0.5) is 19.0 Å². The summed E-state index contributed by atoms with van der Waals surface area (Å²) < 4.78 is 46.0. The maximum Gasteiger partial charge on any atom is 0.434 e. The molecule has 2 unspecified atom stereocenters. The van der Waals surface area contributed by atoms with Crippen molar-refractivity contribution in [1.29, 1.82) is 0 Å². The summed E-state index contributed by atoms with van der Waals surface area (Å²) in [5, 5.41) is 0. The van der Waals surface area contributed by atoms with Gasteiger partial charge in [-0.25, -0.2) is 19.9 Å². The lowest BCUT2D eigenvalue weighted by molar-refractivity contribution is -0.141. The summed E-state index contributed by atoms with van der Waals surface area (Å²) in [6, 6.07) is 1.80. The number of hydrogen-bond donors (Lipinski definition) is 0. The van der Waals surface area contributed by atoms with Gasteiger partial charge in [0.25, 0.3) is 0 Å². The molecule has 0 aliphatic carbocycles. The molecule has 5 rings (SSSR count). The van der Waals surface area contributed by atoms with Crippen molar-refractivity contribution in [3.63, 3.8) is 0 Å². The molecule has 0 N–H and O–H groups in total. The SMILES string of the molecule is FC(F)(F)c1cn2c(-c3nccc(N4CC5CCOC5C4)n3)cnc2cn1. The molecule has 2 atom stereocenters. The number of anilines is 1. The van der Waals surface area contributed by atoms with Crippen LogP contribution in [0, 0.1) is 5.92 Å². The van der Waals surface area contributed by atoms with Crippen molar-refractivity contribution < 1.29 is 17.9 Å². The van der Waals surface area contributed by atoms with Crippen molar-refractivity contribution in [3.8, 4) is 11.5 Å². The van der Waals surface area contributed by atoms with Crippen molar-refractivity contribution in [3.05, 3.63) is 36.5 Å². The van der Waals surface area contributed by atoms with Crippen LogP contribution in [0.3, 0.4) is 0 Å². The molecule has 0 aromatic carbocycles. The fraction of sp³-hybridized carbons (Fsp3) is 0.412. The molecule has 140 valence electrons. The van der Waals surface area contributed by atoms with Crippen LogP contribution in [-0.4, -0.2) is 50.1 Å². The molecule has 0 saturated carbocycles.